The van der Waals surface area contributed by atoms with Crippen LogP contribution in [-0.2, 0) is 14.3 Å². The zero-order valence-corrected chi connectivity index (χ0v) is 12.1. The van der Waals surface area contributed by atoms with Gasteiger partial charge in [0.05, 0.1) is 0 Å². The SMILES string of the molecule is CCOC(C)OCC.NCC(C=O)C1CCCC1. The first-order valence-electron chi connectivity index (χ1n) is 7.08. The average molecular weight is 259 g/mol. The van der Waals surface area contributed by atoms with Gasteiger partial charge in [0, 0.05) is 25.7 Å². The minimum absolute atomic E-state index is 0.0370. The van der Waals surface area contributed by atoms with Crippen LogP contribution in [0.25, 0.3) is 0 Å². The number of aldehydes is 1. The Morgan fingerprint density at radius 2 is 1.72 bits per heavy atom. The third-order valence-corrected chi connectivity index (χ3v) is 3.26. The van der Waals surface area contributed by atoms with Crippen molar-refractivity contribution in [1.82, 2.24) is 0 Å². The molecule has 0 aromatic carbocycles. The first-order valence-corrected chi connectivity index (χ1v) is 7.08. The van der Waals surface area contributed by atoms with Gasteiger partial charge in [-0.1, -0.05) is 12.8 Å². The molecule has 4 heteroatoms. The molecule has 0 saturated heterocycles. The second kappa shape index (κ2) is 11.6. The van der Waals surface area contributed by atoms with Crippen molar-refractivity contribution in [3.05, 3.63) is 0 Å². The molecule has 1 rings (SSSR count). The van der Waals surface area contributed by atoms with E-state index < -0.39 is 0 Å². The zero-order chi connectivity index (χ0) is 13.8. The molecule has 4 nitrogen and oxygen atoms in total. The highest BCUT2D eigenvalue weighted by Gasteiger charge is 2.22. The lowest BCUT2D eigenvalue weighted by atomic mass is 9.92. The number of nitrogens with two attached hydrogens (primary N) is 1. The smallest absolute Gasteiger partial charge is 0.154 e. The van der Waals surface area contributed by atoms with Gasteiger partial charge in [0.15, 0.2) is 6.29 Å². The van der Waals surface area contributed by atoms with Crippen molar-refractivity contribution in [2.75, 3.05) is 19.8 Å². The Morgan fingerprint density at radius 3 is 2.06 bits per heavy atom. The molecule has 0 heterocycles. The van der Waals surface area contributed by atoms with Crippen molar-refractivity contribution in [2.24, 2.45) is 17.6 Å². The number of hydrogen-bond donors (Lipinski definition) is 1. The standard InChI is InChI=1S/C8H15NO.C6H14O2/c9-5-8(6-10)7-3-1-2-4-7;1-4-7-6(3)8-5-2/h6-8H,1-5,9H2;6H,4-5H2,1-3H3. The van der Waals surface area contributed by atoms with E-state index in [0.29, 0.717) is 12.5 Å². The highest BCUT2D eigenvalue weighted by atomic mass is 16.7. The maximum Gasteiger partial charge on any atom is 0.154 e. The molecule has 1 saturated carbocycles. The summed E-state index contributed by atoms with van der Waals surface area (Å²) in [6, 6.07) is 0. The lowest BCUT2D eigenvalue weighted by molar-refractivity contribution is -0.123. The molecule has 0 radical (unpaired) electrons. The molecule has 1 fully saturated rings. The summed E-state index contributed by atoms with van der Waals surface area (Å²) in [6.07, 6.45) is 5.98. The number of rotatable bonds is 7. The fraction of sp³-hybridized carbons (Fsp3) is 0.929. The summed E-state index contributed by atoms with van der Waals surface area (Å²) in [4.78, 5) is 10.4. The van der Waals surface area contributed by atoms with Gasteiger partial charge in [-0.05, 0) is 39.5 Å². The van der Waals surface area contributed by atoms with E-state index in [4.69, 9.17) is 15.2 Å². The van der Waals surface area contributed by atoms with Gasteiger partial charge in [-0.2, -0.15) is 0 Å². The van der Waals surface area contributed by atoms with E-state index in [1.807, 2.05) is 20.8 Å². The Labute approximate surface area is 111 Å². The van der Waals surface area contributed by atoms with Crippen molar-refractivity contribution in [2.45, 2.75) is 52.7 Å². The number of ether oxygens (including phenoxy) is 2. The minimum atomic E-state index is -0.0370. The molecule has 0 aromatic heterocycles. The van der Waals surface area contributed by atoms with Gasteiger partial charge in [0.1, 0.15) is 6.29 Å². The molecule has 1 unspecified atom stereocenters. The summed E-state index contributed by atoms with van der Waals surface area (Å²) in [5.74, 6) is 0.741. The molecule has 0 bridgehead atoms. The van der Waals surface area contributed by atoms with Crippen LogP contribution in [0.4, 0.5) is 0 Å². The van der Waals surface area contributed by atoms with Crippen LogP contribution in [0.3, 0.4) is 0 Å². The van der Waals surface area contributed by atoms with Gasteiger partial charge in [-0.3, -0.25) is 0 Å². The third-order valence-electron chi connectivity index (χ3n) is 3.26. The Hall–Kier alpha value is -0.450. The van der Waals surface area contributed by atoms with E-state index in [-0.39, 0.29) is 12.2 Å². The Bertz CT molecular complexity index is 187. The lowest BCUT2D eigenvalue weighted by Gasteiger charge is -2.13. The van der Waals surface area contributed by atoms with Crippen LogP contribution in [0.2, 0.25) is 0 Å². The second-order valence-corrected chi connectivity index (χ2v) is 4.56. The van der Waals surface area contributed by atoms with E-state index in [2.05, 4.69) is 0 Å². The maximum absolute atomic E-state index is 10.4. The highest BCUT2D eigenvalue weighted by Crippen LogP contribution is 2.29. The summed E-state index contributed by atoms with van der Waals surface area (Å²) >= 11 is 0. The van der Waals surface area contributed by atoms with Crippen molar-refractivity contribution >= 4 is 6.29 Å². The van der Waals surface area contributed by atoms with Crippen molar-refractivity contribution in [3.63, 3.8) is 0 Å². The highest BCUT2D eigenvalue weighted by molar-refractivity contribution is 5.54. The molecule has 1 atom stereocenters. The molecule has 1 aliphatic rings. The molecule has 0 spiro atoms. The molecular weight excluding hydrogens is 230 g/mol. The van der Waals surface area contributed by atoms with Gasteiger partial charge in [-0.15, -0.1) is 0 Å². The van der Waals surface area contributed by atoms with Gasteiger partial charge in [-0.25, -0.2) is 0 Å². The molecule has 1 aliphatic carbocycles. The summed E-state index contributed by atoms with van der Waals surface area (Å²) < 4.78 is 10.1. The van der Waals surface area contributed by atoms with Crippen LogP contribution in [0.1, 0.15) is 46.5 Å². The minimum Gasteiger partial charge on any atom is -0.353 e. The van der Waals surface area contributed by atoms with Crippen LogP contribution < -0.4 is 5.73 Å². The summed E-state index contributed by atoms with van der Waals surface area (Å²) in [5.41, 5.74) is 5.43. The summed E-state index contributed by atoms with van der Waals surface area (Å²) in [7, 11) is 0. The van der Waals surface area contributed by atoms with Gasteiger partial charge in [0.25, 0.3) is 0 Å². The fourth-order valence-corrected chi connectivity index (χ4v) is 2.26. The molecular formula is C14H29NO3. The van der Waals surface area contributed by atoms with Crippen LogP contribution in [-0.4, -0.2) is 32.3 Å². The Morgan fingerprint density at radius 1 is 1.22 bits per heavy atom. The normalized spacial score (nSPS) is 17.4. The zero-order valence-electron chi connectivity index (χ0n) is 12.1. The van der Waals surface area contributed by atoms with Crippen LogP contribution in [0.5, 0.6) is 0 Å². The van der Waals surface area contributed by atoms with E-state index in [1.54, 1.807) is 0 Å². The Kier molecular flexibility index (Phi) is 11.3. The first-order chi connectivity index (χ1) is 8.69. The quantitative estimate of drug-likeness (QED) is 0.563. The topological polar surface area (TPSA) is 61.6 Å². The predicted octanol–water partition coefficient (Wildman–Crippen LogP) is 2.36. The summed E-state index contributed by atoms with van der Waals surface area (Å²) in [5, 5.41) is 0. The largest absolute Gasteiger partial charge is 0.353 e. The number of hydrogen-bond acceptors (Lipinski definition) is 4. The first kappa shape index (κ1) is 17.6. The van der Waals surface area contributed by atoms with E-state index in [1.165, 1.54) is 25.7 Å². The number of carbonyl (C=O) groups is 1. The van der Waals surface area contributed by atoms with E-state index in [9.17, 15) is 4.79 Å². The lowest BCUT2D eigenvalue weighted by Crippen LogP contribution is -2.22. The molecule has 0 aliphatic heterocycles. The van der Waals surface area contributed by atoms with Crippen LogP contribution >= 0.6 is 0 Å². The van der Waals surface area contributed by atoms with E-state index in [0.717, 1.165) is 19.5 Å². The molecule has 2 N–H and O–H groups in total. The van der Waals surface area contributed by atoms with Gasteiger partial charge >= 0.3 is 0 Å². The average Bonchev–Trinajstić information content (AvgIpc) is 2.86. The monoisotopic (exact) mass is 259 g/mol. The third kappa shape index (κ3) is 7.80. The Balaban J connectivity index is 0.000000331. The van der Waals surface area contributed by atoms with E-state index >= 15 is 0 Å². The van der Waals surface area contributed by atoms with Crippen molar-refractivity contribution in [3.8, 4) is 0 Å². The van der Waals surface area contributed by atoms with Crippen LogP contribution in [0, 0.1) is 11.8 Å². The predicted molar refractivity (Wildman–Crippen MR) is 73.3 cm³/mol. The van der Waals surface area contributed by atoms with Crippen molar-refractivity contribution < 1.29 is 14.3 Å². The number of carbonyl (C=O) groups excluding carboxylic acids is 1. The molecule has 18 heavy (non-hydrogen) atoms. The maximum atomic E-state index is 10.4. The van der Waals surface area contributed by atoms with Gasteiger partial charge < -0.3 is 20.0 Å². The molecule has 108 valence electrons. The van der Waals surface area contributed by atoms with Gasteiger partial charge in [0.2, 0.25) is 0 Å². The van der Waals surface area contributed by atoms with Crippen LogP contribution in [0.15, 0.2) is 0 Å². The molecule has 0 aromatic rings. The van der Waals surface area contributed by atoms with Crippen molar-refractivity contribution in [1.29, 1.82) is 0 Å². The molecule has 0 amide bonds. The fourth-order valence-electron chi connectivity index (χ4n) is 2.26. The summed E-state index contributed by atoms with van der Waals surface area (Å²) in [6.45, 7) is 7.79. The second-order valence-electron chi connectivity index (χ2n) is 4.56.